The minimum Gasteiger partial charge on any atom is -0.478 e. The lowest BCUT2D eigenvalue weighted by Gasteiger charge is -2.17. The quantitative estimate of drug-likeness (QED) is 0.743. The van der Waals surface area contributed by atoms with Crippen LogP contribution in [0.5, 0.6) is 0 Å². The van der Waals surface area contributed by atoms with Crippen LogP contribution >= 0.6 is 0 Å². The van der Waals surface area contributed by atoms with Crippen LogP contribution in [0.2, 0.25) is 0 Å². The summed E-state index contributed by atoms with van der Waals surface area (Å²) in [5, 5.41) is 11.6. The molecule has 16 heavy (non-hydrogen) atoms. The molecular weight excluding hydrogens is 204 g/mol. The lowest BCUT2D eigenvalue weighted by molar-refractivity contribution is -0.131. The average Bonchev–Trinajstić information content (AvgIpc) is 2.24. The molecular formula is C12H16N2O2. The third-order valence-corrected chi connectivity index (χ3v) is 2.06. The average molecular weight is 220 g/mol. The summed E-state index contributed by atoms with van der Waals surface area (Å²) in [5.41, 5.74) is 2.06. The molecule has 0 heterocycles. The van der Waals surface area contributed by atoms with E-state index < -0.39 is 5.97 Å². The number of nitrogens with zero attached hydrogens (tertiary/aromatic N) is 1. The van der Waals surface area contributed by atoms with E-state index in [1.807, 2.05) is 43.3 Å². The van der Waals surface area contributed by atoms with Crippen LogP contribution in [0.25, 0.3) is 0 Å². The van der Waals surface area contributed by atoms with Crippen molar-refractivity contribution in [3.63, 3.8) is 0 Å². The molecule has 0 saturated carbocycles. The van der Waals surface area contributed by atoms with Crippen molar-refractivity contribution in [3.8, 4) is 0 Å². The van der Waals surface area contributed by atoms with Crippen molar-refractivity contribution in [3.05, 3.63) is 36.4 Å². The van der Waals surface area contributed by atoms with Crippen LogP contribution in [-0.4, -0.2) is 31.7 Å². The largest absolute Gasteiger partial charge is 0.478 e. The Morgan fingerprint density at radius 2 is 2.12 bits per heavy atom. The fraction of sp³-hybridized carbons (Fsp3) is 0.250. The van der Waals surface area contributed by atoms with Gasteiger partial charge in [0, 0.05) is 26.7 Å². The third kappa shape index (κ3) is 3.65. The Morgan fingerprint density at radius 1 is 1.44 bits per heavy atom. The number of aliphatic carboxylic acids is 1. The van der Waals surface area contributed by atoms with Crippen LogP contribution in [-0.2, 0) is 4.79 Å². The van der Waals surface area contributed by atoms with Gasteiger partial charge in [0.05, 0.1) is 11.4 Å². The van der Waals surface area contributed by atoms with Gasteiger partial charge in [-0.1, -0.05) is 18.2 Å². The first-order valence-electron chi connectivity index (χ1n) is 5.01. The molecule has 0 aliphatic rings. The summed E-state index contributed by atoms with van der Waals surface area (Å²) in [4.78, 5) is 12.3. The summed E-state index contributed by atoms with van der Waals surface area (Å²) in [6.45, 7) is 0.497. The molecule has 0 aliphatic carbocycles. The number of rotatable bonds is 5. The van der Waals surface area contributed by atoms with E-state index >= 15 is 0 Å². The van der Waals surface area contributed by atoms with Crippen molar-refractivity contribution in [1.29, 1.82) is 0 Å². The maximum Gasteiger partial charge on any atom is 0.328 e. The van der Waals surface area contributed by atoms with Crippen molar-refractivity contribution in [2.75, 3.05) is 30.9 Å². The van der Waals surface area contributed by atoms with Gasteiger partial charge in [-0.15, -0.1) is 0 Å². The summed E-state index contributed by atoms with van der Waals surface area (Å²) in [7, 11) is 3.93. The molecule has 2 N–H and O–H groups in total. The number of nitrogens with one attached hydrogen (secondary N) is 1. The predicted molar refractivity (Wildman–Crippen MR) is 66.0 cm³/mol. The van der Waals surface area contributed by atoms with Gasteiger partial charge in [0.1, 0.15) is 0 Å². The zero-order valence-corrected chi connectivity index (χ0v) is 9.47. The number of hydrogen-bond donors (Lipinski definition) is 2. The molecule has 0 bridgehead atoms. The van der Waals surface area contributed by atoms with Crippen LogP contribution in [0, 0.1) is 0 Å². The normalized spacial score (nSPS) is 10.4. The van der Waals surface area contributed by atoms with Crippen molar-refractivity contribution >= 4 is 17.3 Å². The number of para-hydroxylation sites is 2. The Labute approximate surface area is 95.2 Å². The number of anilines is 2. The number of carboxylic acids is 1. The summed E-state index contributed by atoms with van der Waals surface area (Å²) in [6, 6.07) is 7.87. The SMILES string of the molecule is CN(C)c1ccccc1NC/C=C/C(=O)O. The molecule has 86 valence electrons. The molecule has 0 radical (unpaired) electrons. The molecule has 0 aliphatic heterocycles. The minimum absolute atomic E-state index is 0.497. The van der Waals surface area contributed by atoms with Crippen LogP contribution in [0.1, 0.15) is 0 Å². The van der Waals surface area contributed by atoms with Gasteiger partial charge in [0.25, 0.3) is 0 Å². The number of hydrogen-bond acceptors (Lipinski definition) is 3. The van der Waals surface area contributed by atoms with Gasteiger partial charge in [0.15, 0.2) is 0 Å². The van der Waals surface area contributed by atoms with Crippen molar-refractivity contribution in [2.24, 2.45) is 0 Å². The van der Waals surface area contributed by atoms with E-state index in [2.05, 4.69) is 5.32 Å². The molecule has 0 saturated heterocycles. The summed E-state index contributed by atoms with van der Waals surface area (Å²) in [6.07, 6.45) is 2.71. The lowest BCUT2D eigenvalue weighted by Crippen LogP contribution is -2.12. The van der Waals surface area contributed by atoms with Gasteiger partial charge in [-0.2, -0.15) is 0 Å². The van der Waals surface area contributed by atoms with Crippen LogP contribution < -0.4 is 10.2 Å². The highest BCUT2D eigenvalue weighted by Gasteiger charge is 2.01. The monoisotopic (exact) mass is 220 g/mol. The minimum atomic E-state index is -0.928. The fourth-order valence-corrected chi connectivity index (χ4v) is 1.34. The number of carbonyl (C=O) groups is 1. The molecule has 0 aromatic heterocycles. The molecule has 1 aromatic rings. The second kappa shape index (κ2) is 5.80. The van der Waals surface area contributed by atoms with Gasteiger partial charge in [-0.05, 0) is 12.1 Å². The first-order chi connectivity index (χ1) is 7.61. The summed E-state index contributed by atoms with van der Waals surface area (Å²) < 4.78 is 0. The van der Waals surface area contributed by atoms with E-state index in [9.17, 15) is 4.79 Å². The van der Waals surface area contributed by atoms with Crippen molar-refractivity contribution in [1.82, 2.24) is 0 Å². The highest BCUT2D eigenvalue weighted by Crippen LogP contribution is 2.22. The lowest BCUT2D eigenvalue weighted by atomic mass is 10.2. The second-order valence-corrected chi connectivity index (χ2v) is 3.53. The maximum atomic E-state index is 10.3. The Balaban J connectivity index is 2.63. The molecule has 0 spiro atoms. The van der Waals surface area contributed by atoms with Crippen molar-refractivity contribution < 1.29 is 9.90 Å². The van der Waals surface area contributed by atoms with E-state index in [1.165, 1.54) is 0 Å². The Morgan fingerprint density at radius 3 is 2.75 bits per heavy atom. The smallest absolute Gasteiger partial charge is 0.328 e. The van der Waals surface area contributed by atoms with E-state index in [1.54, 1.807) is 6.08 Å². The van der Waals surface area contributed by atoms with Gasteiger partial charge in [-0.3, -0.25) is 0 Å². The fourth-order valence-electron chi connectivity index (χ4n) is 1.34. The standard InChI is InChI=1S/C12H16N2O2/c1-14(2)11-7-4-3-6-10(11)13-9-5-8-12(15)16/h3-8,13H,9H2,1-2H3,(H,15,16)/b8-5+. The van der Waals surface area contributed by atoms with Crippen LogP contribution in [0.15, 0.2) is 36.4 Å². The highest BCUT2D eigenvalue weighted by molar-refractivity contribution is 5.79. The topological polar surface area (TPSA) is 52.6 Å². The van der Waals surface area contributed by atoms with E-state index in [-0.39, 0.29) is 0 Å². The Hall–Kier alpha value is -1.97. The van der Waals surface area contributed by atoms with Gasteiger partial charge >= 0.3 is 5.97 Å². The van der Waals surface area contributed by atoms with Crippen LogP contribution in [0.3, 0.4) is 0 Å². The molecule has 0 unspecified atom stereocenters. The molecule has 4 heteroatoms. The highest BCUT2D eigenvalue weighted by atomic mass is 16.4. The third-order valence-electron chi connectivity index (χ3n) is 2.06. The van der Waals surface area contributed by atoms with Gasteiger partial charge < -0.3 is 15.3 Å². The summed E-state index contributed by atoms with van der Waals surface area (Å²) in [5.74, 6) is -0.928. The first-order valence-corrected chi connectivity index (χ1v) is 5.01. The molecule has 0 fully saturated rings. The molecule has 0 amide bonds. The molecule has 4 nitrogen and oxygen atoms in total. The molecule has 1 rings (SSSR count). The number of benzene rings is 1. The first kappa shape index (κ1) is 12.1. The van der Waals surface area contributed by atoms with Gasteiger partial charge in [-0.25, -0.2) is 4.79 Å². The van der Waals surface area contributed by atoms with E-state index in [4.69, 9.17) is 5.11 Å². The van der Waals surface area contributed by atoms with E-state index in [0.717, 1.165) is 17.5 Å². The van der Waals surface area contributed by atoms with Gasteiger partial charge in [0.2, 0.25) is 0 Å². The predicted octanol–water partition coefficient (Wildman–Crippen LogP) is 1.81. The number of carboxylic acid groups (broad SMARTS) is 1. The van der Waals surface area contributed by atoms with Crippen LogP contribution in [0.4, 0.5) is 11.4 Å². The second-order valence-electron chi connectivity index (χ2n) is 3.53. The molecule has 0 atom stereocenters. The molecule has 1 aromatic carbocycles. The summed E-state index contributed by atoms with van der Waals surface area (Å²) >= 11 is 0. The Kier molecular flexibility index (Phi) is 4.39. The zero-order valence-electron chi connectivity index (χ0n) is 9.47. The Bertz CT molecular complexity index is 386. The van der Waals surface area contributed by atoms with Crippen molar-refractivity contribution in [2.45, 2.75) is 0 Å². The maximum absolute atomic E-state index is 10.3. The van der Waals surface area contributed by atoms with E-state index in [0.29, 0.717) is 6.54 Å². The zero-order chi connectivity index (χ0) is 12.0.